The number of pyridine rings is 1. The molecule has 1 saturated heterocycles. The van der Waals surface area contributed by atoms with Crippen molar-refractivity contribution >= 4 is 17.2 Å². The summed E-state index contributed by atoms with van der Waals surface area (Å²) in [6.45, 7) is 3.04. The maximum Gasteiger partial charge on any atom is 0.276 e. The fourth-order valence-electron chi connectivity index (χ4n) is 3.53. The van der Waals surface area contributed by atoms with Crippen LogP contribution in [0.15, 0.2) is 48.1 Å². The van der Waals surface area contributed by atoms with Crippen molar-refractivity contribution < 1.29 is 4.79 Å². The minimum Gasteiger partial charge on any atom is -0.328 e. The highest BCUT2D eigenvalue weighted by molar-refractivity contribution is 7.09. The van der Waals surface area contributed by atoms with E-state index in [-0.39, 0.29) is 11.9 Å². The molecule has 8 heteroatoms. The molecular weight excluding hydrogens is 372 g/mol. The second-order valence-corrected chi connectivity index (χ2v) is 8.00. The highest BCUT2D eigenvalue weighted by Crippen LogP contribution is 2.19. The molecule has 0 saturated carbocycles. The summed E-state index contributed by atoms with van der Waals surface area (Å²) in [6.07, 6.45) is 6.49. The van der Waals surface area contributed by atoms with Crippen LogP contribution in [0.25, 0.3) is 0 Å². The third-order valence-electron chi connectivity index (χ3n) is 4.96. The summed E-state index contributed by atoms with van der Waals surface area (Å²) in [5.41, 5.74) is 1.28. The summed E-state index contributed by atoms with van der Waals surface area (Å²) in [7, 11) is 0. The lowest BCUT2D eigenvalue weighted by molar-refractivity contribution is 0.0636. The van der Waals surface area contributed by atoms with Gasteiger partial charge in [-0.15, -0.1) is 16.4 Å². The fraction of sp³-hybridized carbons (Fsp3) is 0.400. The average molecular weight is 397 g/mol. The van der Waals surface area contributed by atoms with Gasteiger partial charge in [0.1, 0.15) is 0 Å². The van der Waals surface area contributed by atoms with E-state index >= 15 is 0 Å². The number of aromatic nitrogens is 4. The number of hydrogen-bond donors (Lipinski definition) is 1. The Kier molecular flexibility index (Phi) is 6.08. The van der Waals surface area contributed by atoms with Gasteiger partial charge >= 0.3 is 0 Å². The van der Waals surface area contributed by atoms with Gasteiger partial charge in [-0.2, -0.15) is 0 Å². The zero-order chi connectivity index (χ0) is 19.2. The summed E-state index contributed by atoms with van der Waals surface area (Å²) in [5.74, 6) is -0.0741. The van der Waals surface area contributed by atoms with Gasteiger partial charge in [0.15, 0.2) is 5.69 Å². The SMILES string of the molecule is O=C(c1cn(Cc2cccs2)nn1)N(Cc1ccccn1)C1CCCNCC1. The molecule has 1 unspecified atom stereocenters. The molecule has 4 heterocycles. The molecule has 0 aromatic carbocycles. The molecule has 146 valence electrons. The maximum atomic E-state index is 13.3. The number of carbonyl (C=O) groups excluding carboxylic acids is 1. The lowest BCUT2D eigenvalue weighted by Gasteiger charge is -2.30. The van der Waals surface area contributed by atoms with E-state index in [1.54, 1.807) is 28.4 Å². The van der Waals surface area contributed by atoms with Crippen molar-refractivity contribution in [2.75, 3.05) is 13.1 Å². The van der Waals surface area contributed by atoms with Crippen LogP contribution < -0.4 is 5.32 Å². The van der Waals surface area contributed by atoms with Gasteiger partial charge in [0.05, 0.1) is 25.0 Å². The molecule has 7 nitrogen and oxygen atoms in total. The largest absolute Gasteiger partial charge is 0.328 e. The Bertz CT molecular complexity index is 871. The van der Waals surface area contributed by atoms with E-state index < -0.39 is 0 Å². The second kappa shape index (κ2) is 9.07. The predicted octanol–water partition coefficient (Wildman–Crippen LogP) is 2.57. The van der Waals surface area contributed by atoms with Crippen LogP contribution in [0.5, 0.6) is 0 Å². The van der Waals surface area contributed by atoms with Gasteiger partial charge < -0.3 is 10.2 Å². The van der Waals surface area contributed by atoms with Crippen molar-refractivity contribution in [2.24, 2.45) is 0 Å². The monoisotopic (exact) mass is 396 g/mol. The molecular formula is C20H24N6OS. The van der Waals surface area contributed by atoms with Crippen LogP contribution in [0.4, 0.5) is 0 Å². The normalized spacial score (nSPS) is 17.2. The standard InChI is InChI=1S/C20H24N6OS/c27-20(19-15-25(24-23-19)14-18-7-4-12-28-18)26(13-16-5-1-2-10-22-16)17-6-3-9-21-11-8-17/h1-2,4-5,7,10,12,15,17,21H,3,6,8-9,11,13-14H2. The molecule has 1 aliphatic heterocycles. The first kappa shape index (κ1) is 18.8. The topological polar surface area (TPSA) is 75.9 Å². The van der Waals surface area contributed by atoms with Gasteiger partial charge in [-0.05, 0) is 55.9 Å². The molecule has 1 atom stereocenters. The molecule has 0 spiro atoms. The smallest absolute Gasteiger partial charge is 0.276 e. The third-order valence-corrected chi connectivity index (χ3v) is 5.82. The van der Waals surface area contributed by atoms with Crippen LogP contribution in [0.1, 0.15) is 40.3 Å². The minimum absolute atomic E-state index is 0.0741. The molecule has 28 heavy (non-hydrogen) atoms. The first-order chi connectivity index (χ1) is 13.8. The van der Waals surface area contributed by atoms with E-state index in [2.05, 4.69) is 26.7 Å². The fourth-order valence-corrected chi connectivity index (χ4v) is 4.22. The van der Waals surface area contributed by atoms with Crippen LogP contribution in [0, 0.1) is 0 Å². The number of carbonyl (C=O) groups is 1. The van der Waals surface area contributed by atoms with Crippen LogP contribution in [0.3, 0.4) is 0 Å². The van der Waals surface area contributed by atoms with E-state index in [0.29, 0.717) is 18.8 Å². The number of thiophene rings is 1. The Balaban J connectivity index is 1.54. The van der Waals surface area contributed by atoms with Crippen molar-refractivity contribution in [3.8, 4) is 0 Å². The summed E-state index contributed by atoms with van der Waals surface area (Å²) in [6, 6.07) is 10.0. The van der Waals surface area contributed by atoms with E-state index in [9.17, 15) is 4.79 Å². The number of amides is 1. The number of nitrogens with zero attached hydrogens (tertiary/aromatic N) is 5. The summed E-state index contributed by atoms with van der Waals surface area (Å²) < 4.78 is 1.73. The summed E-state index contributed by atoms with van der Waals surface area (Å²) in [5, 5.41) is 13.8. The van der Waals surface area contributed by atoms with Crippen molar-refractivity contribution in [3.63, 3.8) is 0 Å². The number of nitrogens with one attached hydrogen (secondary N) is 1. The first-order valence-corrected chi connectivity index (χ1v) is 10.5. The Morgan fingerprint density at radius 2 is 2.21 bits per heavy atom. The van der Waals surface area contributed by atoms with E-state index in [4.69, 9.17) is 0 Å². The minimum atomic E-state index is -0.0741. The highest BCUT2D eigenvalue weighted by Gasteiger charge is 2.28. The summed E-state index contributed by atoms with van der Waals surface area (Å²) >= 11 is 1.67. The van der Waals surface area contributed by atoms with Crippen LogP contribution in [-0.4, -0.2) is 49.9 Å². The van der Waals surface area contributed by atoms with Crippen LogP contribution in [0.2, 0.25) is 0 Å². The van der Waals surface area contributed by atoms with Gasteiger partial charge in [-0.25, -0.2) is 4.68 Å². The molecule has 0 bridgehead atoms. The zero-order valence-electron chi connectivity index (χ0n) is 15.7. The Hall–Kier alpha value is -2.58. The van der Waals surface area contributed by atoms with Crippen molar-refractivity contribution in [3.05, 3.63) is 64.4 Å². The predicted molar refractivity (Wildman–Crippen MR) is 108 cm³/mol. The van der Waals surface area contributed by atoms with Crippen molar-refractivity contribution in [2.45, 2.75) is 38.4 Å². The molecule has 0 aliphatic carbocycles. The molecule has 3 aromatic rings. The zero-order valence-corrected chi connectivity index (χ0v) is 16.5. The van der Waals surface area contributed by atoms with Gasteiger partial charge in [-0.3, -0.25) is 9.78 Å². The second-order valence-electron chi connectivity index (χ2n) is 6.97. The molecule has 1 aliphatic rings. The van der Waals surface area contributed by atoms with Crippen LogP contribution >= 0.6 is 11.3 Å². The lowest BCUT2D eigenvalue weighted by Crippen LogP contribution is -2.40. The molecule has 1 N–H and O–H groups in total. The van der Waals surface area contributed by atoms with Gasteiger partial charge in [0, 0.05) is 17.1 Å². The average Bonchev–Trinajstić information content (AvgIpc) is 3.33. The molecule has 3 aromatic heterocycles. The number of hydrogen-bond acceptors (Lipinski definition) is 6. The van der Waals surface area contributed by atoms with Gasteiger partial charge in [0.2, 0.25) is 0 Å². The Morgan fingerprint density at radius 1 is 1.25 bits per heavy atom. The number of rotatable bonds is 6. The van der Waals surface area contributed by atoms with E-state index in [0.717, 1.165) is 38.0 Å². The quantitative estimate of drug-likeness (QED) is 0.693. The van der Waals surface area contributed by atoms with E-state index in [1.807, 2.05) is 34.5 Å². The molecule has 4 rings (SSSR count). The third kappa shape index (κ3) is 4.63. The first-order valence-electron chi connectivity index (χ1n) is 9.64. The molecule has 1 amide bonds. The van der Waals surface area contributed by atoms with Crippen molar-refractivity contribution in [1.82, 2.24) is 30.2 Å². The highest BCUT2D eigenvalue weighted by atomic mass is 32.1. The van der Waals surface area contributed by atoms with Gasteiger partial charge in [-0.1, -0.05) is 17.3 Å². The van der Waals surface area contributed by atoms with Gasteiger partial charge in [0.25, 0.3) is 5.91 Å². The molecule has 0 radical (unpaired) electrons. The maximum absolute atomic E-state index is 13.3. The van der Waals surface area contributed by atoms with Crippen molar-refractivity contribution in [1.29, 1.82) is 0 Å². The summed E-state index contributed by atoms with van der Waals surface area (Å²) in [4.78, 5) is 20.9. The molecule has 1 fully saturated rings. The van der Waals surface area contributed by atoms with Crippen LogP contribution in [-0.2, 0) is 13.1 Å². The lowest BCUT2D eigenvalue weighted by atomic mass is 10.1. The Morgan fingerprint density at radius 3 is 3.04 bits per heavy atom. The Labute approximate surface area is 168 Å². The van der Waals surface area contributed by atoms with E-state index in [1.165, 1.54) is 4.88 Å².